The molecule has 0 aliphatic carbocycles. The van der Waals surface area contributed by atoms with Crippen LogP contribution in [0.3, 0.4) is 0 Å². The summed E-state index contributed by atoms with van der Waals surface area (Å²) in [6, 6.07) is 8.34. The predicted octanol–water partition coefficient (Wildman–Crippen LogP) is 0.966. The smallest absolute Gasteiger partial charge is 0.115 e. The van der Waals surface area contributed by atoms with Crippen LogP contribution in [0.1, 0.15) is 12.5 Å². The van der Waals surface area contributed by atoms with Crippen LogP contribution in [0.4, 0.5) is 0 Å². The Morgan fingerprint density at radius 1 is 1.40 bits per heavy atom. The summed E-state index contributed by atoms with van der Waals surface area (Å²) >= 11 is 0. The van der Waals surface area contributed by atoms with Gasteiger partial charge in [-0.05, 0) is 31.0 Å². The molecule has 0 spiro atoms. The summed E-state index contributed by atoms with van der Waals surface area (Å²) < 4.78 is 0. The molecule has 1 unspecified atom stereocenters. The van der Waals surface area contributed by atoms with E-state index in [1.807, 2.05) is 12.1 Å². The van der Waals surface area contributed by atoms with Crippen LogP contribution in [0.2, 0.25) is 0 Å². The SMILES string of the molecule is CC(Cc1ccc(O)cc1)N1CC(N)C1. The lowest BCUT2D eigenvalue weighted by Crippen LogP contribution is -2.59. The highest BCUT2D eigenvalue weighted by Crippen LogP contribution is 2.16. The Balaban J connectivity index is 1.88. The molecule has 0 saturated carbocycles. The molecule has 1 saturated heterocycles. The van der Waals surface area contributed by atoms with Crippen molar-refractivity contribution in [1.29, 1.82) is 0 Å². The number of phenols is 1. The van der Waals surface area contributed by atoms with Crippen molar-refractivity contribution in [3.05, 3.63) is 29.8 Å². The Hall–Kier alpha value is -1.06. The average Bonchev–Trinajstić information content (AvgIpc) is 2.17. The molecule has 0 amide bonds. The molecule has 1 aliphatic heterocycles. The Labute approximate surface area is 90.5 Å². The van der Waals surface area contributed by atoms with Crippen molar-refractivity contribution < 1.29 is 5.11 Å². The minimum Gasteiger partial charge on any atom is -0.508 e. The topological polar surface area (TPSA) is 49.5 Å². The maximum Gasteiger partial charge on any atom is 0.115 e. The van der Waals surface area contributed by atoms with E-state index < -0.39 is 0 Å². The fraction of sp³-hybridized carbons (Fsp3) is 0.500. The van der Waals surface area contributed by atoms with Crippen LogP contribution in [-0.2, 0) is 6.42 Å². The largest absolute Gasteiger partial charge is 0.508 e. The lowest BCUT2D eigenvalue weighted by atomic mass is 10.0. The van der Waals surface area contributed by atoms with Gasteiger partial charge in [-0.2, -0.15) is 0 Å². The van der Waals surface area contributed by atoms with Crippen LogP contribution >= 0.6 is 0 Å². The Morgan fingerprint density at radius 3 is 2.53 bits per heavy atom. The van der Waals surface area contributed by atoms with Gasteiger partial charge >= 0.3 is 0 Å². The van der Waals surface area contributed by atoms with E-state index in [9.17, 15) is 0 Å². The van der Waals surface area contributed by atoms with E-state index in [2.05, 4.69) is 11.8 Å². The van der Waals surface area contributed by atoms with Crippen molar-refractivity contribution in [2.24, 2.45) is 5.73 Å². The van der Waals surface area contributed by atoms with Gasteiger partial charge in [-0.15, -0.1) is 0 Å². The van der Waals surface area contributed by atoms with Gasteiger partial charge in [-0.25, -0.2) is 0 Å². The molecule has 1 heterocycles. The van der Waals surface area contributed by atoms with E-state index in [1.54, 1.807) is 12.1 Å². The molecular formula is C12H18N2O. The number of nitrogens with zero attached hydrogens (tertiary/aromatic N) is 1. The molecule has 0 aromatic heterocycles. The Bertz CT molecular complexity index is 317. The Kier molecular flexibility index (Phi) is 2.93. The van der Waals surface area contributed by atoms with Gasteiger partial charge in [0.2, 0.25) is 0 Å². The van der Waals surface area contributed by atoms with Gasteiger partial charge in [-0.3, -0.25) is 4.90 Å². The second-order valence-electron chi connectivity index (χ2n) is 4.43. The summed E-state index contributed by atoms with van der Waals surface area (Å²) in [5.74, 6) is 0.331. The van der Waals surface area contributed by atoms with E-state index in [4.69, 9.17) is 10.8 Å². The van der Waals surface area contributed by atoms with Gasteiger partial charge in [0, 0.05) is 25.2 Å². The number of nitrogens with two attached hydrogens (primary N) is 1. The Morgan fingerprint density at radius 2 is 2.00 bits per heavy atom. The van der Waals surface area contributed by atoms with Crippen LogP contribution < -0.4 is 5.73 Å². The first kappa shape index (κ1) is 10.5. The molecule has 0 bridgehead atoms. The van der Waals surface area contributed by atoms with Crippen molar-refractivity contribution >= 4 is 0 Å². The minimum absolute atomic E-state index is 0.331. The third kappa shape index (κ3) is 2.49. The zero-order valence-electron chi connectivity index (χ0n) is 9.06. The van der Waals surface area contributed by atoms with Gasteiger partial charge < -0.3 is 10.8 Å². The van der Waals surface area contributed by atoms with Crippen LogP contribution in [0.15, 0.2) is 24.3 Å². The summed E-state index contributed by atoms with van der Waals surface area (Å²) in [5, 5.41) is 9.17. The molecule has 1 aromatic carbocycles. The fourth-order valence-corrected chi connectivity index (χ4v) is 2.01. The lowest BCUT2D eigenvalue weighted by molar-refractivity contribution is 0.103. The first-order chi connectivity index (χ1) is 7.15. The summed E-state index contributed by atoms with van der Waals surface area (Å²) in [7, 11) is 0. The first-order valence-electron chi connectivity index (χ1n) is 5.42. The third-order valence-corrected chi connectivity index (χ3v) is 3.03. The highest BCUT2D eigenvalue weighted by atomic mass is 16.3. The molecule has 3 N–H and O–H groups in total. The van der Waals surface area contributed by atoms with E-state index in [-0.39, 0.29) is 0 Å². The van der Waals surface area contributed by atoms with Crippen molar-refractivity contribution in [1.82, 2.24) is 4.90 Å². The maximum atomic E-state index is 9.17. The average molecular weight is 206 g/mol. The molecule has 0 radical (unpaired) electrons. The van der Waals surface area contributed by atoms with Gasteiger partial charge in [-0.1, -0.05) is 12.1 Å². The van der Waals surface area contributed by atoms with Crippen LogP contribution in [0.5, 0.6) is 5.75 Å². The number of rotatable bonds is 3. The standard InChI is InChI=1S/C12H18N2O/c1-9(14-7-11(13)8-14)6-10-2-4-12(15)5-3-10/h2-5,9,11,15H,6-8,13H2,1H3. The molecule has 1 atom stereocenters. The molecular weight excluding hydrogens is 188 g/mol. The number of benzene rings is 1. The highest BCUT2D eigenvalue weighted by Gasteiger charge is 2.26. The molecule has 15 heavy (non-hydrogen) atoms. The van der Waals surface area contributed by atoms with Gasteiger partial charge in [0.25, 0.3) is 0 Å². The zero-order chi connectivity index (χ0) is 10.8. The summed E-state index contributed by atoms with van der Waals surface area (Å²) in [5.41, 5.74) is 7.01. The number of likely N-dealkylation sites (tertiary alicyclic amines) is 1. The molecule has 2 rings (SSSR count). The molecule has 1 aliphatic rings. The second-order valence-corrected chi connectivity index (χ2v) is 4.43. The summed E-state index contributed by atoms with van der Waals surface area (Å²) in [4.78, 5) is 2.39. The van der Waals surface area contributed by atoms with Crippen LogP contribution in [-0.4, -0.2) is 35.2 Å². The minimum atomic E-state index is 0.331. The highest BCUT2D eigenvalue weighted by molar-refractivity contribution is 5.26. The molecule has 3 nitrogen and oxygen atoms in total. The van der Waals surface area contributed by atoms with Crippen molar-refractivity contribution in [3.8, 4) is 5.75 Å². The van der Waals surface area contributed by atoms with E-state index >= 15 is 0 Å². The van der Waals surface area contributed by atoms with E-state index in [1.165, 1.54) is 5.56 Å². The van der Waals surface area contributed by atoms with Crippen molar-refractivity contribution in [2.75, 3.05) is 13.1 Å². The van der Waals surface area contributed by atoms with Gasteiger partial charge in [0.05, 0.1) is 0 Å². The van der Waals surface area contributed by atoms with Crippen LogP contribution in [0, 0.1) is 0 Å². The van der Waals surface area contributed by atoms with Crippen LogP contribution in [0.25, 0.3) is 0 Å². The van der Waals surface area contributed by atoms with Gasteiger partial charge in [0.1, 0.15) is 5.75 Å². The fourth-order valence-electron chi connectivity index (χ4n) is 2.01. The van der Waals surface area contributed by atoms with Crippen molar-refractivity contribution in [2.45, 2.75) is 25.4 Å². The third-order valence-electron chi connectivity index (χ3n) is 3.03. The van der Waals surface area contributed by atoms with E-state index in [0.717, 1.165) is 19.5 Å². The molecule has 1 aromatic rings. The maximum absolute atomic E-state index is 9.17. The number of hydrogen-bond donors (Lipinski definition) is 2. The lowest BCUT2D eigenvalue weighted by Gasteiger charge is -2.41. The normalized spacial score (nSPS) is 19.9. The van der Waals surface area contributed by atoms with Gasteiger partial charge in [0.15, 0.2) is 0 Å². The molecule has 82 valence electrons. The number of hydrogen-bond acceptors (Lipinski definition) is 3. The molecule has 3 heteroatoms. The van der Waals surface area contributed by atoms with Crippen molar-refractivity contribution in [3.63, 3.8) is 0 Å². The number of aromatic hydroxyl groups is 1. The summed E-state index contributed by atoms with van der Waals surface area (Å²) in [6.45, 7) is 4.25. The summed E-state index contributed by atoms with van der Waals surface area (Å²) in [6.07, 6.45) is 1.02. The molecule has 1 fully saturated rings. The first-order valence-corrected chi connectivity index (χ1v) is 5.42. The predicted molar refractivity (Wildman–Crippen MR) is 60.8 cm³/mol. The monoisotopic (exact) mass is 206 g/mol. The zero-order valence-corrected chi connectivity index (χ0v) is 9.06. The van der Waals surface area contributed by atoms with E-state index in [0.29, 0.717) is 17.8 Å². The quantitative estimate of drug-likeness (QED) is 0.774. The number of phenolic OH excluding ortho intramolecular Hbond substituents is 1. The second kappa shape index (κ2) is 4.21.